The van der Waals surface area contributed by atoms with Crippen LogP contribution in [-0.2, 0) is 4.79 Å². The Morgan fingerprint density at radius 3 is 2.81 bits per heavy atom. The average Bonchev–Trinajstić information content (AvgIpc) is 2.51. The van der Waals surface area contributed by atoms with Gasteiger partial charge < -0.3 is 4.90 Å². The fraction of sp³-hybridized carbons (Fsp3) is 0.167. The molecular formula is C12H10BrNO2. The minimum absolute atomic E-state index is 0.435. The van der Waals surface area contributed by atoms with E-state index in [-0.39, 0.29) is 0 Å². The van der Waals surface area contributed by atoms with Crippen LogP contribution in [-0.4, -0.2) is 18.2 Å². The van der Waals surface area contributed by atoms with Gasteiger partial charge >= 0.3 is 0 Å². The number of anilines is 1. The first-order chi connectivity index (χ1) is 7.66. The van der Waals surface area contributed by atoms with E-state index in [4.69, 9.17) is 0 Å². The van der Waals surface area contributed by atoms with Crippen LogP contribution >= 0.6 is 15.9 Å². The molecule has 0 atom stereocenters. The number of Topliss-reactive ketones (excluding diaryl/α,β-unsaturated/α-hetero) is 1. The molecule has 1 aromatic rings. The van der Waals surface area contributed by atoms with Crippen molar-refractivity contribution in [3.63, 3.8) is 0 Å². The summed E-state index contributed by atoms with van der Waals surface area (Å²) < 4.78 is 0.673. The van der Waals surface area contributed by atoms with Gasteiger partial charge in [-0.25, -0.2) is 0 Å². The standard InChI is InChI=1S/C12H10BrNO2/c1-2-3-7-14-9-6-4-5-8(13)10(9)11(15)12(14)16/h2-6H,7H2,1H3/b3-2+. The molecule has 0 bridgehead atoms. The van der Waals surface area contributed by atoms with Crippen molar-refractivity contribution in [2.24, 2.45) is 0 Å². The molecule has 3 nitrogen and oxygen atoms in total. The van der Waals surface area contributed by atoms with Gasteiger partial charge in [-0.2, -0.15) is 0 Å². The molecule has 0 radical (unpaired) electrons. The fourth-order valence-electron chi connectivity index (χ4n) is 1.69. The summed E-state index contributed by atoms with van der Waals surface area (Å²) in [5.41, 5.74) is 1.15. The number of hydrogen-bond acceptors (Lipinski definition) is 2. The Bertz CT molecular complexity index is 494. The monoisotopic (exact) mass is 279 g/mol. The summed E-state index contributed by atoms with van der Waals surface area (Å²) in [5, 5.41) is 0. The number of amides is 1. The molecule has 4 heteroatoms. The molecular weight excluding hydrogens is 270 g/mol. The number of fused-ring (bicyclic) bond motifs is 1. The van der Waals surface area contributed by atoms with Crippen LogP contribution in [0.5, 0.6) is 0 Å². The van der Waals surface area contributed by atoms with E-state index in [1.165, 1.54) is 4.90 Å². The Morgan fingerprint density at radius 1 is 1.38 bits per heavy atom. The van der Waals surface area contributed by atoms with Crippen LogP contribution in [0.25, 0.3) is 0 Å². The summed E-state index contributed by atoms with van der Waals surface area (Å²) >= 11 is 3.29. The van der Waals surface area contributed by atoms with E-state index in [1.54, 1.807) is 12.1 Å². The van der Waals surface area contributed by atoms with Crippen LogP contribution in [0.15, 0.2) is 34.8 Å². The first-order valence-electron chi connectivity index (χ1n) is 4.92. The lowest BCUT2D eigenvalue weighted by molar-refractivity contribution is -0.114. The molecule has 1 heterocycles. The maximum absolute atomic E-state index is 11.7. The molecule has 0 aromatic heterocycles. The van der Waals surface area contributed by atoms with E-state index in [9.17, 15) is 9.59 Å². The number of hydrogen-bond donors (Lipinski definition) is 0. The first-order valence-corrected chi connectivity index (χ1v) is 5.72. The Labute approximate surface area is 102 Å². The van der Waals surface area contributed by atoms with Gasteiger partial charge in [0, 0.05) is 11.0 Å². The van der Waals surface area contributed by atoms with Gasteiger partial charge in [0.1, 0.15) is 0 Å². The van der Waals surface area contributed by atoms with Crippen LogP contribution in [0.4, 0.5) is 5.69 Å². The number of rotatable bonds is 2. The van der Waals surface area contributed by atoms with Crippen molar-refractivity contribution in [3.05, 3.63) is 40.4 Å². The third-order valence-corrected chi connectivity index (χ3v) is 3.13. The minimum atomic E-state index is -0.458. The maximum Gasteiger partial charge on any atom is 0.299 e. The van der Waals surface area contributed by atoms with Gasteiger partial charge in [0.25, 0.3) is 11.7 Å². The summed E-state index contributed by atoms with van der Waals surface area (Å²) in [6, 6.07) is 5.37. The minimum Gasteiger partial charge on any atom is -0.301 e. The molecule has 1 aromatic carbocycles. The SMILES string of the molecule is C/C=C/CN1C(=O)C(=O)c2c(Br)cccc21. The van der Waals surface area contributed by atoms with Gasteiger partial charge in [-0.1, -0.05) is 18.2 Å². The zero-order valence-corrected chi connectivity index (χ0v) is 10.3. The number of carbonyl (C=O) groups is 2. The van der Waals surface area contributed by atoms with Crippen molar-refractivity contribution in [2.75, 3.05) is 11.4 Å². The number of halogens is 1. The normalized spacial score (nSPS) is 15.0. The summed E-state index contributed by atoms with van der Waals surface area (Å²) in [7, 11) is 0. The van der Waals surface area contributed by atoms with Gasteiger partial charge in [0.05, 0.1) is 11.3 Å². The lowest BCUT2D eigenvalue weighted by atomic mass is 10.1. The van der Waals surface area contributed by atoms with Crippen molar-refractivity contribution < 1.29 is 9.59 Å². The zero-order chi connectivity index (χ0) is 11.7. The fourth-order valence-corrected chi connectivity index (χ4v) is 2.23. The van der Waals surface area contributed by atoms with Gasteiger partial charge in [-0.3, -0.25) is 9.59 Å². The van der Waals surface area contributed by atoms with E-state index in [2.05, 4.69) is 15.9 Å². The molecule has 1 amide bonds. The Balaban J connectivity index is 2.50. The number of carbonyl (C=O) groups excluding carboxylic acids is 2. The number of nitrogens with zero attached hydrogens (tertiary/aromatic N) is 1. The number of benzene rings is 1. The molecule has 82 valence electrons. The highest BCUT2D eigenvalue weighted by Gasteiger charge is 2.36. The second-order valence-corrected chi connectivity index (χ2v) is 4.30. The highest BCUT2D eigenvalue weighted by Crippen LogP contribution is 2.33. The molecule has 0 unspecified atom stereocenters. The van der Waals surface area contributed by atoms with E-state index >= 15 is 0 Å². The average molecular weight is 280 g/mol. The van der Waals surface area contributed by atoms with Crippen LogP contribution < -0.4 is 4.90 Å². The van der Waals surface area contributed by atoms with Crippen molar-refractivity contribution in [3.8, 4) is 0 Å². The van der Waals surface area contributed by atoms with Gasteiger partial charge in [-0.15, -0.1) is 0 Å². The van der Waals surface area contributed by atoms with Crippen LogP contribution in [0.2, 0.25) is 0 Å². The third-order valence-electron chi connectivity index (χ3n) is 2.47. The Morgan fingerprint density at radius 2 is 2.12 bits per heavy atom. The number of ketones is 1. The lowest BCUT2D eigenvalue weighted by Crippen LogP contribution is -2.29. The molecule has 0 aliphatic carbocycles. The zero-order valence-electron chi connectivity index (χ0n) is 8.74. The van der Waals surface area contributed by atoms with E-state index in [1.807, 2.05) is 25.1 Å². The van der Waals surface area contributed by atoms with Gasteiger partial charge in [0.2, 0.25) is 0 Å². The van der Waals surface area contributed by atoms with Crippen LogP contribution in [0, 0.1) is 0 Å². The molecule has 1 aliphatic rings. The summed E-state index contributed by atoms with van der Waals surface area (Å²) in [6.07, 6.45) is 3.70. The van der Waals surface area contributed by atoms with Crippen LogP contribution in [0.3, 0.4) is 0 Å². The Hall–Kier alpha value is -1.42. The summed E-state index contributed by atoms with van der Waals surface area (Å²) in [6.45, 7) is 2.31. The van der Waals surface area contributed by atoms with E-state index in [0.717, 1.165) is 0 Å². The van der Waals surface area contributed by atoms with Crippen molar-refractivity contribution in [2.45, 2.75) is 6.92 Å². The second kappa shape index (κ2) is 4.22. The van der Waals surface area contributed by atoms with Crippen LogP contribution in [0.1, 0.15) is 17.3 Å². The van der Waals surface area contributed by atoms with Crippen molar-refractivity contribution >= 4 is 33.3 Å². The second-order valence-electron chi connectivity index (χ2n) is 3.45. The largest absolute Gasteiger partial charge is 0.301 e. The summed E-state index contributed by atoms with van der Waals surface area (Å²) in [4.78, 5) is 25.0. The topological polar surface area (TPSA) is 37.4 Å². The highest BCUT2D eigenvalue weighted by atomic mass is 79.9. The molecule has 0 N–H and O–H groups in total. The summed E-state index contributed by atoms with van der Waals surface area (Å²) in [5.74, 6) is -0.896. The predicted molar refractivity (Wildman–Crippen MR) is 65.6 cm³/mol. The van der Waals surface area contributed by atoms with Gasteiger partial charge in [-0.05, 0) is 35.0 Å². The lowest BCUT2D eigenvalue weighted by Gasteiger charge is -2.13. The smallest absolute Gasteiger partial charge is 0.299 e. The molecule has 1 aliphatic heterocycles. The Kier molecular flexibility index (Phi) is 2.92. The molecule has 16 heavy (non-hydrogen) atoms. The molecule has 0 saturated carbocycles. The maximum atomic E-state index is 11.7. The van der Waals surface area contributed by atoms with E-state index in [0.29, 0.717) is 22.3 Å². The first kappa shape index (κ1) is 11.1. The molecule has 0 spiro atoms. The van der Waals surface area contributed by atoms with Gasteiger partial charge in [0.15, 0.2) is 0 Å². The van der Waals surface area contributed by atoms with E-state index < -0.39 is 11.7 Å². The van der Waals surface area contributed by atoms with Crippen molar-refractivity contribution in [1.29, 1.82) is 0 Å². The quantitative estimate of drug-likeness (QED) is 0.616. The third kappa shape index (κ3) is 1.59. The highest BCUT2D eigenvalue weighted by molar-refractivity contribution is 9.10. The van der Waals surface area contributed by atoms with Crippen molar-refractivity contribution in [1.82, 2.24) is 0 Å². The predicted octanol–water partition coefficient (Wildman–Crippen LogP) is 2.55. The molecule has 2 rings (SSSR count). The molecule has 0 fully saturated rings. The molecule has 0 saturated heterocycles. The number of allylic oxidation sites excluding steroid dienone is 1.